The summed E-state index contributed by atoms with van der Waals surface area (Å²) in [6.07, 6.45) is 4.15. The molecule has 0 amide bonds. The standard InChI is InChI=1S/C16H33N3/c1-5-17-15-8-7-13(3)11-16(15)19-10-9-18(6-2)14(4)12-19/h13-17H,5-12H2,1-4H3. The predicted molar refractivity (Wildman–Crippen MR) is 82.5 cm³/mol. The van der Waals surface area contributed by atoms with Crippen LogP contribution in [0, 0.1) is 5.92 Å². The van der Waals surface area contributed by atoms with Gasteiger partial charge in [0.25, 0.3) is 0 Å². The summed E-state index contributed by atoms with van der Waals surface area (Å²) in [5.74, 6) is 0.902. The fourth-order valence-corrected chi connectivity index (χ4v) is 4.05. The highest BCUT2D eigenvalue weighted by Crippen LogP contribution is 2.29. The Labute approximate surface area is 119 Å². The van der Waals surface area contributed by atoms with Crippen molar-refractivity contribution in [1.29, 1.82) is 0 Å². The van der Waals surface area contributed by atoms with Gasteiger partial charge in [0.2, 0.25) is 0 Å². The minimum absolute atomic E-state index is 0.721. The molecule has 0 aromatic heterocycles. The van der Waals surface area contributed by atoms with Crippen molar-refractivity contribution in [3.8, 4) is 0 Å². The van der Waals surface area contributed by atoms with Crippen LogP contribution in [-0.2, 0) is 0 Å². The third-order valence-corrected chi connectivity index (χ3v) is 5.22. The lowest BCUT2D eigenvalue weighted by Gasteiger charge is -2.48. The van der Waals surface area contributed by atoms with Crippen LogP contribution in [0.2, 0.25) is 0 Å². The summed E-state index contributed by atoms with van der Waals surface area (Å²) < 4.78 is 0. The molecule has 3 nitrogen and oxygen atoms in total. The molecule has 0 aromatic rings. The van der Waals surface area contributed by atoms with Crippen LogP contribution in [0.4, 0.5) is 0 Å². The van der Waals surface area contributed by atoms with E-state index < -0.39 is 0 Å². The van der Waals surface area contributed by atoms with Crippen molar-refractivity contribution in [2.45, 2.75) is 65.1 Å². The maximum absolute atomic E-state index is 3.74. The molecule has 1 saturated heterocycles. The number of piperazine rings is 1. The van der Waals surface area contributed by atoms with E-state index in [0.29, 0.717) is 0 Å². The molecule has 1 saturated carbocycles. The van der Waals surface area contributed by atoms with E-state index >= 15 is 0 Å². The first-order valence-electron chi connectivity index (χ1n) is 8.37. The van der Waals surface area contributed by atoms with E-state index in [-0.39, 0.29) is 0 Å². The molecule has 4 unspecified atom stereocenters. The van der Waals surface area contributed by atoms with Crippen molar-refractivity contribution in [3.63, 3.8) is 0 Å². The van der Waals surface area contributed by atoms with Gasteiger partial charge >= 0.3 is 0 Å². The van der Waals surface area contributed by atoms with E-state index in [1.165, 1.54) is 45.4 Å². The number of likely N-dealkylation sites (N-methyl/N-ethyl adjacent to an activating group) is 2. The number of rotatable bonds is 4. The Bertz CT molecular complexity index is 269. The molecule has 1 aliphatic heterocycles. The van der Waals surface area contributed by atoms with Crippen molar-refractivity contribution < 1.29 is 0 Å². The molecule has 2 rings (SSSR count). The van der Waals surface area contributed by atoms with Gasteiger partial charge in [-0.3, -0.25) is 9.80 Å². The molecule has 2 aliphatic rings. The molecular weight excluding hydrogens is 234 g/mol. The van der Waals surface area contributed by atoms with Crippen molar-refractivity contribution in [3.05, 3.63) is 0 Å². The molecule has 0 radical (unpaired) electrons. The van der Waals surface area contributed by atoms with Crippen LogP contribution in [0.1, 0.15) is 47.0 Å². The Morgan fingerprint density at radius 2 is 1.89 bits per heavy atom. The van der Waals surface area contributed by atoms with E-state index in [4.69, 9.17) is 0 Å². The molecule has 19 heavy (non-hydrogen) atoms. The Kier molecular flexibility index (Phi) is 5.67. The fourth-order valence-electron chi connectivity index (χ4n) is 4.05. The molecule has 0 spiro atoms. The average molecular weight is 267 g/mol. The van der Waals surface area contributed by atoms with Crippen molar-refractivity contribution in [2.24, 2.45) is 5.92 Å². The SMILES string of the molecule is CCNC1CCC(C)CC1N1CCN(CC)C(C)C1. The van der Waals surface area contributed by atoms with Gasteiger partial charge in [-0.25, -0.2) is 0 Å². The third-order valence-electron chi connectivity index (χ3n) is 5.22. The topological polar surface area (TPSA) is 18.5 Å². The molecule has 0 bridgehead atoms. The van der Waals surface area contributed by atoms with Crippen LogP contribution in [0.15, 0.2) is 0 Å². The molecule has 4 atom stereocenters. The average Bonchev–Trinajstić information content (AvgIpc) is 2.41. The Balaban J connectivity index is 1.97. The molecular formula is C16H33N3. The van der Waals surface area contributed by atoms with Crippen molar-refractivity contribution in [1.82, 2.24) is 15.1 Å². The lowest BCUT2D eigenvalue weighted by atomic mass is 9.82. The first-order chi connectivity index (χ1) is 9.15. The zero-order valence-corrected chi connectivity index (χ0v) is 13.4. The Morgan fingerprint density at radius 3 is 2.53 bits per heavy atom. The second-order valence-corrected chi connectivity index (χ2v) is 6.62. The van der Waals surface area contributed by atoms with Crippen molar-refractivity contribution in [2.75, 3.05) is 32.7 Å². The predicted octanol–water partition coefficient (Wildman–Crippen LogP) is 2.18. The normalized spacial score (nSPS) is 38.5. The second kappa shape index (κ2) is 7.05. The maximum Gasteiger partial charge on any atom is 0.0253 e. The van der Waals surface area contributed by atoms with Gasteiger partial charge in [0.15, 0.2) is 0 Å². The van der Waals surface area contributed by atoms with Gasteiger partial charge in [0.05, 0.1) is 0 Å². The molecule has 1 N–H and O–H groups in total. The van der Waals surface area contributed by atoms with E-state index in [1.807, 2.05) is 0 Å². The quantitative estimate of drug-likeness (QED) is 0.842. The smallest absolute Gasteiger partial charge is 0.0253 e. The van der Waals surface area contributed by atoms with E-state index in [2.05, 4.69) is 42.8 Å². The van der Waals surface area contributed by atoms with Gasteiger partial charge in [-0.15, -0.1) is 0 Å². The van der Waals surface area contributed by atoms with Crippen LogP contribution in [0.25, 0.3) is 0 Å². The monoisotopic (exact) mass is 267 g/mol. The lowest BCUT2D eigenvalue weighted by molar-refractivity contribution is 0.0251. The highest BCUT2D eigenvalue weighted by molar-refractivity contribution is 4.93. The van der Waals surface area contributed by atoms with Gasteiger partial charge in [0.1, 0.15) is 0 Å². The highest BCUT2D eigenvalue weighted by Gasteiger charge is 2.35. The van der Waals surface area contributed by atoms with E-state index in [1.54, 1.807) is 0 Å². The summed E-state index contributed by atoms with van der Waals surface area (Å²) in [4.78, 5) is 5.39. The summed E-state index contributed by atoms with van der Waals surface area (Å²) in [7, 11) is 0. The van der Waals surface area contributed by atoms with Gasteiger partial charge < -0.3 is 5.32 Å². The van der Waals surface area contributed by atoms with Crippen LogP contribution >= 0.6 is 0 Å². The van der Waals surface area contributed by atoms with E-state index in [9.17, 15) is 0 Å². The van der Waals surface area contributed by atoms with Gasteiger partial charge in [0, 0.05) is 37.8 Å². The number of nitrogens with zero attached hydrogens (tertiary/aromatic N) is 2. The van der Waals surface area contributed by atoms with Crippen LogP contribution in [-0.4, -0.2) is 60.6 Å². The molecule has 112 valence electrons. The molecule has 2 fully saturated rings. The largest absolute Gasteiger partial charge is 0.313 e. The van der Waals surface area contributed by atoms with Crippen LogP contribution in [0.5, 0.6) is 0 Å². The highest BCUT2D eigenvalue weighted by atomic mass is 15.3. The Hall–Kier alpha value is -0.120. The van der Waals surface area contributed by atoms with Gasteiger partial charge in [-0.2, -0.15) is 0 Å². The number of hydrogen-bond acceptors (Lipinski definition) is 3. The van der Waals surface area contributed by atoms with Crippen LogP contribution in [0.3, 0.4) is 0 Å². The zero-order chi connectivity index (χ0) is 13.8. The maximum atomic E-state index is 3.74. The molecule has 1 aliphatic carbocycles. The van der Waals surface area contributed by atoms with Gasteiger partial charge in [-0.1, -0.05) is 20.8 Å². The minimum atomic E-state index is 0.721. The van der Waals surface area contributed by atoms with Crippen LogP contribution < -0.4 is 5.32 Å². The number of hydrogen-bond donors (Lipinski definition) is 1. The first-order valence-corrected chi connectivity index (χ1v) is 8.37. The lowest BCUT2D eigenvalue weighted by Crippen LogP contribution is -2.60. The minimum Gasteiger partial charge on any atom is -0.313 e. The Morgan fingerprint density at radius 1 is 1.11 bits per heavy atom. The molecule has 1 heterocycles. The van der Waals surface area contributed by atoms with E-state index in [0.717, 1.165) is 30.6 Å². The molecule has 3 heteroatoms. The van der Waals surface area contributed by atoms with Gasteiger partial charge in [-0.05, 0) is 45.2 Å². The number of nitrogens with one attached hydrogen (secondary N) is 1. The fraction of sp³-hybridized carbons (Fsp3) is 1.00. The zero-order valence-electron chi connectivity index (χ0n) is 13.4. The summed E-state index contributed by atoms with van der Waals surface area (Å²) in [5, 5.41) is 3.74. The summed E-state index contributed by atoms with van der Waals surface area (Å²) >= 11 is 0. The second-order valence-electron chi connectivity index (χ2n) is 6.62. The summed E-state index contributed by atoms with van der Waals surface area (Å²) in [5.41, 5.74) is 0. The summed E-state index contributed by atoms with van der Waals surface area (Å²) in [6.45, 7) is 15.4. The first kappa shape index (κ1) is 15.3. The summed E-state index contributed by atoms with van der Waals surface area (Å²) in [6, 6.07) is 2.21. The molecule has 0 aromatic carbocycles. The third kappa shape index (κ3) is 3.71. The van der Waals surface area contributed by atoms with Crippen molar-refractivity contribution >= 4 is 0 Å².